The molecule has 1 N–H and O–H groups in total. The number of fused-ring (bicyclic) bond motifs is 2. The van der Waals surface area contributed by atoms with Crippen LogP contribution < -0.4 is 14.6 Å². The number of rotatable bonds is 7. The summed E-state index contributed by atoms with van der Waals surface area (Å²) >= 11 is 6.45. The predicted molar refractivity (Wildman–Crippen MR) is 139 cm³/mol. The second-order valence-corrected chi connectivity index (χ2v) is 10.9. The Morgan fingerprint density at radius 1 is 1.18 bits per heavy atom. The molecule has 1 saturated heterocycles. The van der Waals surface area contributed by atoms with E-state index in [1.165, 1.54) is 11.9 Å². The van der Waals surface area contributed by atoms with Crippen molar-refractivity contribution in [2.75, 3.05) is 30.1 Å². The van der Waals surface area contributed by atoms with Gasteiger partial charge in [0.05, 0.1) is 42.2 Å². The van der Waals surface area contributed by atoms with E-state index in [4.69, 9.17) is 16.3 Å². The van der Waals surface area contributed by atoms with Gasteiger partial charge in [0.25, 0.3) is 0 Å². The minimum atomic E-state index is -4.61. The van der Waals surface area contributed by atoms with Crippen molar-refractivity contribution < 1.29 is 27.8 Å². The molecule has 2 bridgehead atoms. The molecule has 2 aliphatic heterocycles. The van der Waals surface area contributed by atoms with Crippen LogP contribution in [0.15, 0.2) is 41.6 Å². The Morgan fingerprint density at radius 2 is 1.84 bits per heavy atom. The highest BCUT2D eigenvalue weighted by molar-refractivity contribution is 6.33. The number of hydrogen-bond acceptors (Lipinski definition) is 6. The average molecular weight is 551 g/mol. The second kappa shape index (κ2) is 10.3. The molecule has 0 amide bonds. The maximum atomic E-state index is 13.5. The van der Waals surface area contributed by atoms with E-state index in [-0.39, 0.29) is 0 Å². The molecule has 4 atom stereocenters. The van der Waals surface area contributed by atoms with Crippen LogP contribution in [-0.2, 0) is 11.2 Å². The van der Waals surface area contributed by atoms with Gasteiger partial charge in [-0.25, -0.2) is 4.98 Å². The fraction of sp³-hybridized carbons (Fsp3) is 0.519. The minimum absolute atomic E-state index is 0.429. The number of aromatic nitrogens is 1. The van der Waals surface area contributed by atoms with Crippen molar-refractivity contribution in [3.8, 4) is 5.88 Å². The molecule has 11 heteroatoms. The first-order valence-electron chi connectivity index (χ1n) is 12.7. The number of carbonyl (C=O) groups is 1. The van der Waals surface area contributed by atoms with E-state index in [9.17, 15) is 23.1 Å². The Hall–Kier alpha value is -3.01. The van der Waals surface area contributed by atoms with Gasteiger partial charge < -0.3 is 14.7 Å². The highest BCUT2D eigenvalue weighted by Crippen LogP contribution is 2.46. The second-order valence-electron chi connectivity index (χ2n) is 10.5. The van der Waals surface area contributed by atoms with E-state index in [2.05, 4.69) is 15.0 Å². The standard InChI is InChI=1S/C27H30ClF3N4O3/c1-15-22(11-25(36)37)35(33-26(15)27(29,30)31)19-7-3-16(4-8-19)9-20-17-5-6-18(20)14-34(13-17)23-10-24(38-2)32-12-21(23)28/h3-4,7-8,10,12,15,17-18,20,22H,5-6,9,11,13-14H2,1-2H3,(H,36,37)/t15-,17+,18+,22-/m0/s1. The fourth-order valence-corrected chi connectivity index (χ4v) is 6.59. The zero-order valence-corrected chi connectivity index (χ0v) is 21.9. The zero-order chi connectivity index (χ0) is 27.2. The molecule has 5 rings (SSSR count). The first kappa shape index (κ1) is 26.6. The van der Waals surface area contributed by atoms with Gasteiger partial charge in [0, 0.05) is 25.1 Å². The summed E-state index contributed by atoms with van der Waals surface area (Å²) in [5.41, 5.74) is 1.57. The van der Waals surface area contributed by atoms with E-state index in [0.717, 1.165) is 43.6 Å². The molecule has 204 valence electrons. The number of carboxylic acids is 1. The van der Waals surface area contributed by atoms with Crippen LogP contribution in [0.5, 0.6) is 5.88 Å². The van der Waals surface area contributed by atoms with E-state index >= 15 is 0 Å². The van der Waals surface area contributed by atoms with Crippen LogP contribution in [-0.4, -0.2) is 54.2 Å². The van der Waals surface area contributed by atoms with Gasteiger partial charge in [-0.2, -0.15) is 18.3 Å². The van der Waals surface area contributed by atoms with Gasteiger partial charge in [0.1, 0.15) is 5.71 Å². The lowest BCUT2D eigenvalue weighted by Crippen LogP contribution is -2.42. The number of benzene rings is 1. The minimum Gasteiger partial charge on any atom is -0.481 e. The fourth-order valence-electron chi connectivity index (χ4n) is 6.37. The average Bonchev–Trinajstić information content (AvgIpc) is 3.30. The summed E-state index contributed by atoms with van der Waals surface area (Å²) in [6, 6.07) is 8.34. The molecule has 1 aliphatic carbocycles. The zero-order valence-electron chi connectivity index (χ0n) is 21.2. The normalized spacial score (nSPS) is 27.0. The van der Waals surface area contributed by atoms with E-state index in [1.54, 1.807) is 25.4 Å². The van der Waals surface area contributed by atoms with Crippen molar-refractivity contribution in [1.29, 1.82) is 0 Å². The maximum absolute atomic E-state index is 13.5. The third-order valence-corrected chi connectivity index (χ3v) is 8.56. The lowest BCUT2D eigenvalue weighted by Gasteiger charge is -2.40. The van der Waals surface area contributed by atoms with Crippen LogP contribution >= 0.6 is 11.6 Å². The molecular weight excluding hydrogens is 521 g/mol. The molecule has 38 heavy (non-hydrogen) atoms. The summed E-state index contributed by atoms with van der Waals surface area (Å²) in [5, 5.41) is 14.9. The van der Waals surface area contributed by atoms with Crippen LogP contribution in [0.2, 0.25) is 5.02 Å². The molecule has 3 heterocycles. The molecule has 7 nitrogen and oxygen atoms in total. The van der Waals surface area contributed by atoms with E-state index in [0.29, 0.717) is 34.3 Å². The lowest BCUT2D eigenvalue weighted by molar-refractivity contribution is -0.137. The Kier molecular flexibility index (Phi) is 7.19. The van der Waals surface area contributed by atoms with Crippen LogP contribution in [0.1, 0.15) is 31.7 Å². The van der Waals surface area contributed by atoms with Crippen molar-refractivity contribution >= 4 is 34.7 Å². The Labute approximate surface area is 224 Å². The van der Waals surface area contributed by atoms with Gasteiger partial charge in [0.15, 0.2) is 0 Å². The first-order chi connectivity index (χ1) is 18.0. The molecule has 0 spiro atoms. The summed E-state index contributed by atoms with van der Waals surface area (Å²) in [7, 11) is 1.58. The lowest BCUT2D eigenvalue weighted by atomic mass is 9.80. The molecular formula is C27H30ClF3N4O3. The molecule has 0 radical (unpaired) electrons. The van der Waals surface area contributed by atoms with E-state index < -0.39 is 36.2 Å². The Morgan fingerprint density at radius 3 is 2.42 bits per heavy atom. The monoisotopic (exact) mass is 550 g/mol. The summed E-state index contributed by atoms with van der Waals surface area (Å²) in [4.78, 5) is 17.9. The number of nitrogens with zero attached hydrogens (tertiary/aromatic N) is 4. The van der Waals surface area contributed by atoms with Crippen LogP contribution in [0.4, 0.5) is 24.5 Å². The molecule has 1 saturated carbocycles. The van der Waals surface area contributed by atoms with Crippen molar-refractivity contribution in [2.24, 2.45) is 28.8 Å². The Balaban J connectivity index is 1.29. The van der Waals surface area contributed by atoms with Gasteiger partial charge in [0.2, 0.25) is 5.88 Å². The number of alkyl halides is 3. The van der Waals surface area contributed by atoms with Gasteiger partial charge >= 0.3 is 12.1 Å². The summed E-state index contributed by atoms with van der Waals surface area (Å²) in [6.45, 7) is 3.17. The largest absolute Gasteiger partial charge is 0.481 e. The molecule has 1 aromatic heterocycles. The number of halogens is 4. The smallest absolute Gasteiger partial charge is 0.431 e. The molecule has 0 unspecified atom stereocenters. The molecule has 1 aromatic carbocycles. The van der Waals surface area contributed by atoms with Gasteiger partial charge in [-0.3, -0.25) is 9.80 Å². The number of hydrogen-bond donors (Lipinski definition) is 1. The van der Waals surface area contributed by atoms with Crippen LogP contribution in [0.25, 0.3) is 0 Å². The first-order valence-corrected chi connectivity index (χ1v) is 13.1. The third-order valence-electron chi connectivity index (χ3n) is 8.27. The van der Waals surface area contributed by atoms with Gasteiger partial charge in [-0.05, 0) is 54.7 Å². The molecule has 2 fully saturated rings. The van der Waals surface area contributed by atoms with Crippen molar-refractivity contribution in [1.82, 2.24) is 4.98 Å². The summed E-state index contributed by atoms with van der Waals surface area (Å²) in [5.74, 6) is -0.163. The SMILES string of the molecule is COc1cc(N2C[C@H]3CC[C@H](C2)C3Cc2ccc(N3N=C(C(F)(F)F)[C@@H](C)[C@@H]3CC(=O)O)cc2)c(Cl)cn1. The maximum Gasteiger partial charge on any atom is 0.431 e. The summed E-state index contributed by atoms with van der Waals surface area (Å²) < 4.78 is 45.7. The quantitative estimate of drug-likeness (QED) is 0.479. The molecule has 2 aromatic rings. The van der Waals surface area contributed by atoms with Crippen molar-refractivity contribution in [3.05, 3.63) is 47.1 Å². The highest BCUT2D eigenvalue weighted by atomic mass is 35.5. The molecule has 3 aliphatic rings. The number of anilines is 2. The number of pyridine rings is 1. The number of piperidine rings is 1. The highest BCUT2D eigenvalue weighted by Gasteiger charge is 2.49. The number of methoxy groups -OCH3 is 1. The summed E-state index contributed by atoms with van der Waals surface area (Å²) in [6.07, 6.45) is -0.258. The van der Waals surface area contributed by atoms with Gasteiger partial charge in [-0.1, -0.05) is 30.7 Å². The van der Waals surface area contributed by atoms with Gasteiger partial charge in [-0.15, -0.1) is 0 Å². The van der Waals surface area contributed by atoms with Crippen molar-refractivity contribution in [3.63, 3.8) is 0 Å². The van der Waals surface area contributed by atoms with Crippen LogP contribution in [0.3, 0.4) is 0 Å². The number of ether oxygens (including phenoxy) is 1. The number of aliphatic carboxylic acids is 1. The topological polar surface area (TPSA) is 78.3 Å². The number of hydrazone groups is 1. The van der Waals surface area contributed by atoms with Crippen molar-refractivity contribution in [2.45, 2.75) is 44.8 Å². The van der Waals surface area contributed by atoms with E-state index in [1.807, 2.05) is 18.2 Å². The number of carboxylic acid groups (broad SMARTS) is 1. The van der Waals surface area contributed by atoms with Crippen LogP contribution in [0, 0.1) is 23.7 Å². The Bertz CT molecular complexity index is 1210. The third kappa shape index (κ3) is 5.15. The predicted octanol–water partition coefficient (Wildman–Crippen LogP) is 5.67.